The highest BCUT2D eigenvalue weighted by atomic mass is 32.2. The highest BCUT2D eigenvalue weighted by molar-refractivity contribution is 7.90. The Labute approximate surface area is 160 Å². The Balaban J connectivity index is 1.86. The van der Waals surface area contributed by atoms with E-state index < -0.39 is 15.8 Å². The minimum atomic E-state index is -4.08. The first-order chi connectivity index (χ1) is 13.4. The lowest BCUT2D eigenvalue weighted by atomic mass is 9.87. The van der Waals surface area contributed by atoms with E-state index >= 15 is 0 Å². The minimum Gasteiger partial charge on any atom is -0.289 e. The Bertz CT molecular complexity index is 1420. The highest BCUT2D eigenvalue weighted by Crippen LogP contribution is 2.39. The van der Waals surface area contributed by atoms with Crippen molar-refractivity contribution in [2.45, 2.75) is 11.8 Å². The predicted octanol–water partition coefficient (Wildman–Crippen LogP) is 3.93. The van der Waals surface area contributed by atoms with Crippen LogP contribution in [0.15, 0.2) is 65.6 Å². The van der Waals surface area contributed by atoms with Gasteiger partial charge in [0.25, 0.3) is 10.0 Å². The van der Waals surface area contributed by atoms with Crippen LogP contribution in [-0.4, -0.2) is 23.4 Å². The van der Waals surface area contributed by atoms with E-state index in [1.807, 2.05) is 0 Å². The summed E-state index contributed by atoms with van der Waals surface area (Å²) in [6, 6.07) is 15.5. The topological polar surface area (TPSA) is 69.0 Å². The summed E-state index contributed by atoms with van der Waals surface area (Å²) in [6.07, 6.45) is 0. The van der Waals surface area contributed by atoms with Gasteiger partial charge in [-0.3, -0.25) is 4.79 Å². The molecule has 0 saturated heterocycles. The molecule has 0 fully saturated rings. The lowest BCUT2D eigenvalue weighted by molar-refractivity contribution is 0.104. The van der Waals surface area contributed by atoms with Gasteiger partial charge in [0.2, 0.25) is 0 Å². The van der Waals surface area contributed by atoms with Gasteiger partial charge in [-0.15, -0.1) is 0 Å². The van der Waals surface area contributed by atoms with Crippen LogP contribution in [-0.2, 0) is 10.0 Å². The molecule has 0 atom stereocenters. The summed E-state index contributed by atoms with van der Waals surface area (Å²) < 4.78 is 41.1. The molecule has 1 aromatic heterocycles. The van der Waals surface area contributed by atoms with Crippen molar-refractivity contribution in [3.8, 4) is 11.3 Å². The van der Waals surface area contributed by atoms with E-state index in [4.69, 9.17) is 0 Å². The summed E-state index contributed by atoms with van der Waals surface area (Å²) in [5.74, 6) is -0.645. The van der Waals surface area contributed by atoms with Crippen LogP contribution in [0.4, 0.5) is 4.39 Å². The molecule has 0 aliphatic heterocycles. The van der Waals surface area contributed by atoms with Crippen molar-refractivity contribution >= 4 is 26.7 Å². The van der Waals surface area contributed by atoms with Crippen molar-refractivity contribution in [1.82, 2.24) is 9.19 Å². The van der Waals surface area contributed by atoms with Gasteiger partial charge in [0.15, 0.2) is 5.78 Å². The lowest BCUT2D eigenvalue weighted by Gasteiger charge is -2.13. The van der Waals surface area contributed by atoms with Gasteiger partial charge in [-0.1, -0.05) is 36.4 Å². The molecular formula is C21H13FN2O3S. The number of ketones is 1. The number of halogens is 1. The van der Waals surface area contributed by atoms with Crippen LogP contribution in [0.2, 0.25) is 0 Å². The van der Waals surface area contributed by atoms with Crippen LogP contribution in [0.3, 0.4) is 0 Å². The van der Waals surface area contributed by atoms with E-state index in [0.29, 0.717) is 33.3 Å². The molecule has 0 amide bonds. The second-order valence-electron chi connectivity index (χ2n) is 6.68. The van der Waals surface area contributed by atoms with E-state index in [2.05, 4.69) is 5.10 Å². The number of carbonyl (C=O) groups excluding carboxylic acids is 1. The maximum Gasteiger partial charge on any atom is 0.283 e. The Morgan fingerprint density at radius 3 is 2.39 bits per heavy atom. The number of fused-ring (bicyclic) bond motifs is 2. The van der Waals surface area contributed by atoms with Gasteiger partial charge < -0.3 is 0 Å². The van der Waals surface area contributed by atoms with Crippen LogP contribution in [0.25, 0.3) is 22.2 Å². The van der Waals surface area contributed by atoms with Crippen molar-refractivity contribution in [3.05, 3.63) is 83.2 Å². The fraction of sp³-hybridized carbons (Fsp3) is 0.0476. The number of rotatable bonds is 2. The molecule has 5 rings (SSSR count). The zero-order valence-corrected chi connectivity index (χ0v) is 15.5. The maximum absolute atomic E-state index is 13.6. The number of aromatic nitrogens is 2. The number of carbonyl (C=O) groups is 1. The Morgan fingerprint density at radius 2 is 1.64 bits per heavy atom. The standard InChI is InChI=1S/C21H13FN2O3S/c1-12-11-13(9-10-17(12)22)28(26,27)24-18-8-4-7-16-19(18)20(23-24)14-5-2-3-6-15(14)21(16)25/h2-11H,1H3. The first-order valence-corrected chi connectivity index (χ1v) is 10.0. The van der Waals surface area contributed by atoms with Crippen LogP contribution < -0.4 is 0 Å². The Morgan fingerprint density at radius 1 is 0.929 bits per heavy atom. The molecule has 0 bridgehead atoms. The number of benzene rings is 3. The first kappa shape index (κ1) is 16.8. The molecule has 138 valence electrons. The fourth-order valence-electron chi connectivity index (χ4n) is 3.61. The minimum absolute atomic E-state index is 0.0633. The summed E-state index contributed by atoms with van der Waals surface area (Å²) in [5.41, 5.74) is 2.50. The van der Waals surface area contributed by atoms with E-state index in [9.17, 15) is 17.6 Å². The average Bonchev–Trinajstić information content (AvgIpc) is 3.09. The van der Waals surface area contributed by atoms with Crippen LogP contribution in [0.1, 0.15) is 21.5 Å². The van der Waals surface area contributed by atoms with Gasteiger partial charge in [0.1, 0.15) is 11.5 Å². The summed E-state index contributed by atoms with van der Waals surface area (Å²) >= 11 is 0. The van der Waals surface area contributed by atoms with E-state index in [-0.39, 0.29) is 16.2 Å². The zero-order chi connectivity index (χ0) is 19.6. The third-order valence-electron chi connectivity index (χ3n) is 5.00. The Hall–Kier alpha value is -3.32. The smallest absolute Gasteiger partial charge is 0.283 e. The third kappa shape index (κ3) is 2.13. The van der Waals surface area contributed by atoms with Gasteiger partial charge in [0.05, 0.1) is 10.4 Å². The normalized spacial score (nSPS) is 13.0. The molecule has 1 aliphatic carbocycles. The summed E-state index contributed by atoms with van der Waals surface area (Å²) in [7, 11) is -4.08. The first-order valence-electron chi connectivity index (χ1n) is 8.57. The molecule has 1 heterocycles. The van der Waals surface area contributed by atoms with Crippen LogP contribution in [0, 0.1) is 12.7 Å². The van der Waals surface area contributed by atoms with Gasteiger partial charge >= 0.3 is 0 Å². The molecule has 1 aliphatic rings. The highest BCUT2D eigenvalue weighted by Gasteiger charge is 2.31. The summed E-state index contributed by atoms with van der Waals surface area (Å²) in [6.45, 7) is 1.50. The second kappa shape index (κ2) is 5.59. The molecule has 0 N–H and O–H groups in total. The number of aryl methyl sites for hydroxylation is 1. The van der Waals surface area contributed by atoms with Crippen molar-refractivity contribution in [2.75, 3.05) is 0 Å². The van der Waals surface area contributed by atoms with Gasteiger partial charge in [-0.25, -0.2) is 4.39 Å². The van der Waals surface area contributed by atoms with E-state index in [1.54, 1.807) is 42.5 Å². The molecule has 0 unspecified atom stereocenters. The fourth-order valence-corrected chi connectivity index (χ4v) is 4.98. The molecule has 4 aromatic rings. The van der Waals surface area contributed by atoms with Crippen molar-refractivity contribution < 1.29 is 17.6 Å². The van der Waals surface area contributed by atoms with Crippen molar-refractivity contribution in [1.29, 1.82) is 0 Å². The maximum atomic E-state index is 13.6. The van der Waals surface area contributed by atoms with Crippen LogP contribution >= 0.6 is 0 Å². The van der Waals surface area contributed by atoms with E-state index in [1.165, 1.54) is 19.1 Å². The molecule has 0 radical (unpaired) electrons. The van der Waals surface area contributed by atoms with Crippen molar-refractivity contribution in [3.63, 3.8) is 0 Å². The quantitative estimate of drug-likeness (QED) is 0.456. The number of hydrogen-bond donors (Lipinski definition) is 0. The SMILES string of the molecule is Cc1cc(S(=O)(=O)n2nc3c4c(cccc42)C(=O)c2ccccc2-3)ccc1F. The number of nitrogens with zero attached hydrogens (tertiary/aromatic N) is 2. The molecule has 5 nitrogen and oxygen atoms in total. The molecule has 28 heavy (non-hydrogen) atoms. The molecule has 0 saturated carbocycles. The summed E-state index contributed by atoms with van der Waals surface area (Å²) in [5, 5.41) is 4.89. The number of hydrogen-bond acceptors (Lipinski definition) is 4. The van der Waals surface area contributed by atoms with Crippen LogP contribution in [0.5, 0.6) is 0 Å². The van der Waals surface area contributed by atoms with Gasteiger partial charge in [0, 0.05) is 22.1 Å². The van der Waals surface area contributed by atoms with E-state index in [0.717, 1.165) is 10.2 Å². The largest absolute Gasteiger partial charge is 0.289 e. The van der Waals surface area contributed by atoms with Gasteiger partial charge in [-0.2, -0.15) is 17.6 Å². The third-order valence-corrected chi connectivity index (χ3v) is 6.59. The monoisotopic (exact) mass is 392 g/mol. The van der Waals surface area contributed by atoms with Gasteiger partial charge in [-0.05, 0) is 36.8 Å². The zero-order valence-electron chi connectivity index (χ0n) is 14.7. The van der Waals surface area contributed by atoms with Crippen molar-refractivity contribution in [2.24, 2.45) is 0 Å². The molecular weight excluding hydrogens is 379 g/mol. The summed E-state index contributed by atoms with van der Waals surface area (Å²) in [4.78, 5) is 12.8. The lowest BCUT2D eigenvalue weighted by Crippen LogP contribution is -2.15. The molecule has 0 spiro atoms. The second-order valence-corrected chi connectivity index (χ2v) is 8.45. The Kier molecular flexibility index (Phi) is 3.36. The molecule has 3 aromatic carbocycles. The predicted molar refractivity (Wildman–Crippen MR) is 102 cm³/mol. The molecule has 7 heteroatoms. The average molecular weight is 392 g/mol.